The minimum atomic E-state index is 0.805. The predicted molar refractivity (Wildman–Crippen MR) is 83.8 cm³/mol. The van der Waals surface area contributed by atoms with Gasteiger partial charge in [0.1, 0.15) is 5.75 Å². The third-order valence-electron chi connectivity index (χ3n) is 3.36. The summed E-state index contributed by atoms with van der Waals surface area (Å²) in [6.07, 6.45) is 7.11. The first-order valence-corrected chi connectivity index (χ1v) is 7.70. The van der Waals surface area contributed by atoms with E-state index in [2.05, 4.69) is 40.3 Å². The number of nitrogens with one attached hydrogen (secondary N) is 1. The molecule has 3 heteroatoms. The molecule has 1 fully saturated rings. The number of benzene rings is 1. The third kappa shape index (κ3) is 5.00. The van der Waals surface area contributed by atoms with E-state index < -0.39 is 0 Å². The maximum atomic E-state index is 5.41. The molecule has 0 amide bonds. The van der Waals surface area contributed by atoms with Crippen molar-refractivity contribution in [3.63, 3.8) is 0 Å². The maximum Gasteiger partial charge on any atom is 0.122 e. The van der Waals surface area contributed by atoms with Crippen molar-refractivity contribution >= 4 is 15.9 Å². The van der Waals surface area contributed by atoms with Crippen molar-refractivity contribution in [2.75, 3.05) is 13.7 Å². The highest BCUT2D eigenvalue weighted by atomic mass is 79.9. The standard InChI is InChI=1S/C16H22BrNO/c1-12(4-3-9-18-15-6-7-15)10-13-11-14(17)5-8-16(13)19-2/h4-5,8,11,15,18H,3,6-7,9-10H2,1-2H3. The first-order valence-electron chi connectivity index (χ1n) is 6.90. The van der Waals surface area contributed by atoms with Crippen molar-refractivity contribution < 1.29 is 4.74 Å². The van der Waals surface area contributed by atoms with E-state index in [1.165, 1.54) is 24.0 Å². The summed E-state index contributed by atoms with van der Waals surface area (Å²) in [4.78, 5) is 0. The van der Waals surface area contributed by atoms with Crippen molar-refractivity contribution in [3.05, 3.63) is 39.9 Å². The van der Waals surface area contributed by atoms with Gasteiger partial charge in [-0.3, -0.25) is 0 Å². The Bertz CT molecular complexity index is 452. The van der Waals surface area contributed by atoms with Crippen LogP contribution >= 0.6 is 15.9 Å². The fourth-order valence-corrected chi connectivity index (χ4v) is 2.56. The van der Waals surface area contributed by atoms with E-state index in [4.69, 9.17) is 4.74 Å². The van der Waals surface area contributed by atoms with Crippen LogP contribution in [0.2, 0.25) is 0 Å². The number of halogens is 1. The summed E-state index contributed by atoms with van der Waals surface area (Å²) in [5, 5.41) is 3.53. The second-order valence-electron chi connectivity index (χ2n) is 5.20. The van der Waals surface area contributed by atoms with Crippen LogP contribution in [0.25, 0.3) is 0 Å². The van der Waals surface area contributed by atoms with E-state index in [1.807, 2.05) is 12.1 Å². The lowest BCUT2D eigenvalue weighted by molar-refractivity contribution is 0.410. The molecular formula is C16H22BrNO. The molecule has 0 unspecified atom stereocenters. The Morgan fingerprint density at radius 2 is 2.26 bits per heavy atom. The topological polar surface area (TPSA) is 21.3 Å². The summed E-state index contributed by atoms with van der Waals surface area (Å²) in [5.41, 5.74) is 2.63. The lowest BCUT2D eigenvalue weighted by atomic mass is 10.0. The van der Waals surface area contributed by atoms with Gasteiger partial charge < -0.3 is 10.1 Å². The van der Waals surface area contributed by atoms with Crippen molar-refractivity contribution in [2.24, 2.45) is 0 Å². The monoisotopic (exact) mass is 323 g/mol. The average Bonchev–Trinajstić information content (AvgIpc) is 3.19. The lowest BCUT2D eigenvalue weighted by Gasteiger charge is -2.09. The van der Waals surface area contributed by atoms with Gasteiger partial charge in [0.2, 0.25) is 0 Å². The van der Waals surface area contributed by atoms with Crippen molar-refractivity contribution in [3.8, 4) is 5.75 Å². The first-order chi connectivity index (χ1) is 9.19. The fraction of sp³-hybridized carbons (Fsp3) is 0.500. The average molecular weight is 324 g/mol. The van der Waals surface area contributed by atoms with Gasteiger partial charge in [-0.05, 0) is 62.9 Å². The van der Waals surface area contributed by atoms with E-state index >= 15 is 0 Å². The normalized spacial score (nSPS) is 15.6. The van der Waals surface area contributed by atoms with E-state index in [0.29, 0.717) is 0 Å². The molecule has 0 atom stereocenters. The Balaban J connectivity index is 1.87. The second kappa shape index (κ2) is 7.11. The minimum absolute atomic E-state index is 0.805. The molecular weight excluding hydrogens is 302 g/mol. The van der Waals surface area contributed by atoms with Gasteiger partial charge in [-0.25, -0.2) is 0 Å². The quantitative estimate of drug-likeness (QED) is 0.602. The van der Waals surface area contributed by atoms with Crippen LogP contribution in [0.15, 0.2) is 34.3 Å². The highest BCUT2D eigenvalue weighted by Crippen LogP contribution is 2.25. The molecule has 0 radical (unpaired) electrons. The van der Waals surface area contributed by atoms with Gasteiger partial charge in [-0.1, -0.05) is 27.6 Å². The van der Waals surface area contributed by atoms with Gasteiger partial charge in [0.25, 0.3) is 0 Å². The van der Waals surface area contributed by atoms with Crippen molar-refractivity contribution in [1.29, 1.82) is 0 Å². The molecule has 0 heterocycles. The molecule has 0 spiro atoms. The molecule has 0 aliphatic heterocycles. The number of ether oxygens (including phenoxy) is 1. The summed E-state index contributed by atoms with van der Waals surface area (Å²) < 4.78 is 6.51. The van der Waals surface area contributed by atoms with Gasteiger partial charge in [-0.2, -0.15) is 0 Å². The minimum Gasteiger partial charge on any atom is -0.496 e. The van der Waals surface area contributed by atoms with Crippen molar-refractivity contribution in [2.45, 2.75) is 38.6 Å². The molecule has 1 aliphatic rings. The van der Waals surface area contributed by atoms with Crippen molar-refractivity contribution in [1.82, 2.24) is 5.32 Å². The molecule has 0 saturated heterocycles. The van der Waals surface area contributed by atoms with Crippen LogP contribution in [-0.4, -0.2) is 19.7 Å². The van der Waals surface area contributed by atoms with Gasteiger partial charge in [0.05, 0.1) is 7.11 Å². The molecule has 1 aliphatic carbocycles. The molecule has 2 rings (SSSR count). The van der Waals surface area contributed by atoms with Crippen LogP contribution in [0.5, 0.6) is 5.75 Å². The van der Waals surface area contributed by atoms with E-state index in [9.17, 15) is 0 Å². The lowest BCUT2D eigenvalue weighted by Crippen LogP contribution is -2.16. The zero-order valence-electron chi connectivity index (χ0n) is 11.7. The summed E-state index contributed by atoms with van der Waals surface area (Å²) in [5.74, 6) is 0.965. The number of hydrogen-bond donors (Lipinski definition) is 1. The summed E-state index contributed by atoms with van der Waals surface area (Å²) in [6.45, 7) is 3.29. The highest BCUT2D eigenvalue weighted by Gasteiger charge is 2.19. The number of methoxy groups -OCH3 is 1. The Morgan fingerprint density at radius 1 is 1.47 bits per heavy atom. The number of allylic oxidation sites excluding steroid dienone is 1. The van der Waals surface area contributed by atoms with Gasteiger partial charge in [-0.15, -0.1) is 0 Å². The van der Waals surface area contributed by atoms with Crippen LogP contribution in [0.1, 0.15) is 31.7 Å². The number of rotatable bonds is 7. The van der Waals surface area contributed by atoms with Crippen LogP contribution in [-0.2, 0) is 6.42 Å². The number of hydrogen-bond acceptors (Lipinski definition) is 2. The van der Waals surface area contributed by atoms with Gasteiger partial charge in [0, 0.05) is 10.5 Å². The second-order valence-corrected chi connectivity index (χ2v) is 6.12. The Hall–Kier alpha value is -0.800. The summed E-state index contributed by atoms with van der Waals surface area (Å²) in [6, 6.07) is 6.97. The predicted octanol–water partition coefficient (Wildman–Crippen LogP) is 4.09. The zero-order valence-corrected chi connectivity index (χ0v) is 13.3. The van der Waals surface area contributed by atoms with E-state index in [-0.39, 0.29) is 0 Å². The molecule has 1 aromatic rings. The third-order valence-corrected chi connectivity index (χ3v) is 3.85. The Kier molecular flexibility index (Phi) is 5.46. The Morgan fingerprint density at radius 3 is 2.95 bits per heavy atom. The van der Waals surface area contributed by atoms with E-state index in [0.717, 1.165) is 35.7 Å². The van der Waals surface area contributed by atoms with Crippen LogP contribution in [0, 0.1) is 0 Å². The molecule has 19 heavy (non-hydrogen) atoms. The Labute approximate surface area is 124 Å². The molecule has 2 nitrogen and oxygen atoms in total. The van der Waals surface area contributed by atoms with E-state index in [1.54, 1.807) is 7.11 Å². The smallest absolute Gasteiger partial charge is 0.122 e. The fourth-order valence-electron chi connectivity index (χ4n) is 2.15. The molecule has 0 bridgehead atoms. The molecule has 104 valence electrons. The van der Waals surface area contributed by atoms with Crippen LogP contribution in [0.3, 0.4) is 0 Å². The maximum absolute atomic E-state index is 5.41. The van der Waals surface area contributed by atoms with Crippen LogP contribution in [0.4, 0.5) is 0 Å². The molecule has 1 N–H and O–H groups in total. The zero-order chi connectivity index (χ0) is 13.7. The first kappa shape index (κ1) is 14.6. The molecule has 1 aromatic carbocycles. The summed E-state index contributed by atoms with van der Waals surface area (Å²) in [7, 11) is 1.73. The summed E-state index contributed by atoms with van der Waals surface area (Å²) >= 11 is 3.52. The SMILES string of the molecule is COc1ccc(Br)cc1CC(C)=CCCNC1CC1. The largest absolute Gasteiger partial charge is 0.496 e. The molecule has 0 aromatic heterocycles. The van der Waals surface area contributed by atoms with Gasteiger partial charge in [0.15, 0.2) is 0 Å². The van der Waals surface area contributed by atoms with Gasteiger partial charge >= 0.3 is 0 Å². The molecule has 1 saturated carbocycles. The van der Waals surface area contributed by atoms with Crippen LogP contribution < -0.4 is 10.1 Å². The highest BCUT2D eigenvalue weighted by molar-refractivity contribution is 9.10.